The van der Waals surface area contributed by atoms with E-state index in [0.717, 1.165) is 0 Å². The molecular weight excluding hydrogens is 332 g/mol. The van der Waals surface area contributed by atoms with Crippen LogP contribution in [0.4, 0.5) is 0 Å². The molecule has 7 nitrogen and oxygen atoms in total. The average molecular weight is 352 g/mol. The van der Waals surface area contributed by atoms with Gasteiger partial charge in [0.25, 0.3) is 5.91 Å². The maximum Gasteiger partial charge on any atom is 0.251 e. The van der Waals surface area contributed by atoms with Gasteiger partial charge >= 0.3 is 0 Å². The number of hydrogen-bond acceptors (Lipinski definition) is 5. The van der Waals surface area contributed by atoms with Crippen LogP contribution in [0.1, 0.15) is 22.5 Å². The van der Waals surface area contributed by atoms with Crippen LogP contribution in [-0.2, 0) is 21.3 Å². The summed E-state index contributed by atoms with van der Waals surface area (Å²) in [7, 11) is -2.06. The Kier molecular flexibility index (Phi) is 6.53. The van der Waals surface area contributed by atoms with Gasteiger partial charge < -0.3 is 14.5 Å². The molecular formula is C16H20N2O5S. The number of methoxy groups -OCH3 is 1. The van der Waals surface area contributed by atoms with Crippen molar-refractivity contribution in [2.45, 2.75) is 17.9 Å². The highest BCUT2D eigenvalue weighted by molar-refractivity contribution is 7.89. The topological polar surface area (TPSA) is 97.6 Å². The van der Waals surface area contributed by atoms with Crippen molar-refractivity contribution in [1.82, 2.24) is 10.0 Å². The van der Waals surface area contributed by atoms with Crippen molar-refractivity contribution in [2.24, 2.45) is 0 Å². The number of amides is 1. The van der Waals surface area contributed by atoms with Gasteiger partial charge in [0.1, 0.15) is 5.76 Å². The van der Waals surface area contributed by atoms with E-state index in [1.807, 2.05) is 0 Å². The molecule has 0 saturated carbocycles. The molecule has 1 amide bonds. The summed E-state index contributed by atoms with van der Waals surface area (Å²) in [6.45, 7) is 1.13. The van der Waals surface area contributed by atoms with Crippen LogP contribution in [0.15, 0.2) is 52.0 Å². The van der Waals surface area contributed by atoms with E-state index in [1.54, 1.807) is 19.2 Å². The van der Waals surface area contributed by atoms with Crippen LogP contribution in [0.5, 0.6) is 0 Å². The minimum atomic E-state index is -3.66. The van der Waals surface area contributed by atoms with E-state index in [0.29, 0.717) is 30.9 Å². The zero-order chi connectivity index (χ0) is 17.4. The van der Waals surface area contributed by atoms with Crippen LogP contribution in [-0.4, -0.2) is 34.6 Å². The first-order valence-electron chi connectivity index (χ1n) is 7.42. The second-order valence-corrected chi connectivity index (χ2v) is 6.80. The molecule has 0 radical (unpaired) electrons. The number of carbonyl (C=O) groups excluding carboxylic acids is 1. The number of rotatable bonds is 9. The summed E-state index contributed by atoms with van der Waals surface area (Å²) in [6, 6.07) is 9.12. The van der Waals surface area contributed by atoms with Crippen LogP contribution in [0, 0.1) is 0 Å². The highest BCUT2D eigenvalue weighted by atomic mass is 32.2. The Morgan fingerprint density at radius 3 is 2.58 bits per heavy atom. The SMILES string of the molecule is COCCCNC(=O)c1ccc(S(=O)(=O)NCc2ccco2)cc1. The summed E-state index contributed by atoms with van der Waals surface area (Å²) in [5, 5.41) is 2.74. The molecule has 1 aromatic carbocycles. The number of hydrogen-bond donors (Lipinski definition) is 2. The first kappa shape index (κ1) is 18.2. The third kappa shape index (κ3) is 5.19. The molecule has 0 aliphatic carbocycles. The summed E-state index contributed by atoms with van der Waals surface area (Å²) in [4.78, 5) is 12.0. The van der Waals surface area contributed by atoms with Crippen LogP contribution < -0.4 is 10.0 Å². The zero-order valence-electron chi connectivity index (χ0n) is 13.3. The lowest BCUT2D eigenvalue weighted by Crippen LogP contribution is -2.26. The molecule has 1 aromatic heterocycles. The Bertz CT molecular complexity index is 739. The molecule has 130 valence electrons. The standard InChI is InChI=1S/C16H20N2O5S/c1-22-10-3-9-17-16(19)13-5-7-15(8-6-13)24(20,21)18-12-14-4-2-11-23-14/h2,4-8,11,18H,3,9-10,12H2,1H3,(H,17,19). The van der Waals surface area contributed by atoms with Gasteiger partial charge in [-0.1, -0.05) is 0 Å². The molecule has 0 unspecified atom stereocenters. The van der Waals surface area contributed by atoms with Gasteiger partial charge in [-0.25, -0.2) is 13.1 Å². The van der Waals surface area contributed by atoms with Gasteiger partial charge in [-0.15, -0.1) is 0 Å². The number of benzene rings is 1. The van der Waals surface area contributed by atoms with Crippen LogP contribution in [0.3, 0.4) is 0 Å². The number of furan rings is 1. The first-order valence-corrected chi connectivity index (χ1v) is 8.90. The van der Waals surface area contributed by atoms with Gasteiger partial charge in [0.05, 0.1) is 17.7 Å². The molecule has 0 fully saturated rings. The molecule has 0 bridgehead atoms. The minimum Gasteiger partial charge on any atom is -0.468 e. The van der Waals surface area contributed by atoms with E-state index < -0.39 is 10.0 Å². The molecule has 0 aliphatic rings. The molecule has 1 heterocycles. The highest BCUT2D eigenvalue weighted by Gasteiger charge is 2.15. The smallest absolute Gasteiger partial charge is 0.251 e. The van der Waals surface area contributed by atoms with Crippen molar-refractivity contribution in [1.29, 1.82) is 0 Å². The summed E-state index contributed by atoms with van der Waals surface area (Å²) in [5.41, 5.74) is 0.400. The first-order chi connectivity index (χ1) is 11.5. The molecule has 24 heavy (non-hydrogen) atoms. The molecule has 2 aromatic rings. The predicted octanol–water partition coefficient (Wildman–Crippen LogP) is 1.52. The Labute approximate surface area is 141 Å². The van der Waals surface area contributed by atoms with E-state index >= 15 is 0 Å². The van der Waals surface area contributed by atoms with Gasteiger partial charge in [0.2, 0.25) is 10.0 Å². The largest absolute Gasteiger partial charge is 0.468 e. The summed E-state index contributed by atoms with van der Waals surface area (Å²) in [6.07, 6.45) is 2.19. The van der Waals surface area contributed by atoms with Crippen molar-refractivity contribution >= 4 is 15.9 Å². The maximum atomic E-state index is 12.2. The van der Waals surface area contributed by atoms with Crippen LogP contribution in [0.2, 0.25) is 0 Å². The lowest BCUT2D eigenvalue weighted by molar-refractivity contribution is 0.0948. The molecule has 8 heteroatoms. The summed E-state index contributed by atoms with van der Waals surface area (Å²) < 4.78 is 36.8. The Hall–Kier alpha value is -2.16. The van der Waals surface area contributed by atoms with Crippen molar-refractivity contribution < 1.29 is 22.4 Å². The fourth-order valence-electron chi connectivity index (χ4n) is 1.97. The summed E-state index contributed by atoms with van der Waals surface area (Å²) >= 11 is 0. The lowest BCUT2D eigenvalue weighted by atomic mass is 10.2. The number of ether oxygens (including phenoxy) is 1. The van der Waals surface area contributed by atoms with Crippen molar-refractivity contribution in [2.75, 3.05) is 20.3 Å². The average Bonchev–Trinajstić information content (AvgIpc) is 3.10. The second-order valence-electron chi connectivity index (χ2n) is 5.03. The van der Waals surface area contributed by atoms with Crippen LogP contribution in [0.25, 0.3) is 0 Å². The molecule has 0 spiro atoms. The van der Waals surface area contributed by atoms with E-state index in [4.69, 9.17) is 9.15 Å². The Morgan fingerprint density at radius 2 is 1.96 bits per heavy atom. The molecule has 2 rings (SSSR count). The summed E-state index contributed by atoms with van der Waals surface area (Å²) in [5.74, 6) is 0.268. The number of carbonyl (C=O) groups is 1. The fraction of sp³-hybridized carbons (Fsp3) is 0.312. The monoisotopic (exact) mass is 352 g/mol. The molecule has 2 N–H and O–H groups in total. The number of sulfonamides is 1. The fourth-order valence-corrected chi connectivity index (χ4v) is 2.96. The van der Waals surface area contributed by atoms with Crippen LogP contribution >= 0.6 is 0 Å². The van der Waals surface area contributed by atoms with Crippen molar-refractivity contribution in [3.63, 3.8) is 0 Å². The molecule has 0 aliphatic heterocycles. The predicted molar refractivity (Wildman–Crippen MR) is 88.0 cm³/mol. The minimum absolute atomic E-state index is 0.0665. The van der Waals surface area contributed by atoms with E-state index in [-0.39, 0.29) is 17.3 Å². The normalized spacial score (nSPS) is 11.4. The highest BCUT2D eigenvalue weighted by Crippen LogP contribution is 2.11. The van der Waals surface area contributed by atoms with Gasteiger partial charge in [-0.2, -0.15) is 0 Å². The van der Waals surface area contributed by atoms with E-state index in [1.165, 1.54) is 30.5 Å². The zero-order valence-corrected chi connectivity index (χ0v) is 14.1. The maximum absolute atomic E-state index is 12.2. The van der Waals surface area contributed by atoms with E-state index in [9.17, 15) is 13.2 Å². The van der Waals surface area contributed by atoms with Gasteiger partial charge in [0, 0.05) is 25.8 Å². The van der Waals surface area contributed by atoms with Gasteiger partial charge in [-0.3, -0.25) is 4.79 Å². The molecule has 0 atom stereocenters. The Morgan fingerprint density at radius 1 is 1.21 bits per heavy atom. The third-order valence-corrected chi connectivity index (χ3v) is 4.67. The quantitative estimate of drug-likeness (QED) is 0.667. The van der Waals surface area contributed by atoms with Gasteiger partial charge in [-0.05, 0) is 42.8 Å². The second kappa shape index (κ2) is 8.62. The van der Waals surface area contributed by atoms with Crippen molar-refractivity contribution in [3.8, 4) is 0 Å². The molecule has 0 saturated heterocycles. The van der Waals surface area contributed by atoms with Crippen molar-refractivity contribution in [3.05, 3.63) is 54.0 Å². The third-order valence-electron chi connectivity index (χ3n) is 3.25. The van der Waals surface area contributed by atoms with E-state index in [2.05, 4.69) is 10.0 Å². The number of nitrogens with one attached hydrogen (secondary N) is 2. The van der Waals surface area contributed by atoms with Gasteiger partial charge in [0.15, 0.2) is 0 Å². The Balaban J connectivity index is 1.93. The lowest BCUT2D eigenvalue weighted by Gasteiger charge is -2.07.